The third kappa shape index (κ3) is 4.24. The number of aromatic nitrogens is 3. The Morgan fingerprint density at radius 1 is 1.12 bits per heavy atom. The van der Waals surface area contributed by atoms with E-state index in [0.717, 1.165) is 34.0 Å². The monoisotopic (exact) mass is 457 g/mol. The van der Waals surface area contributed by atoms with E-state index in [-0.39, 0.29) is 35.3 Å². The molecule has 0 fully saturated rings. The van der Waals surface area contributed by atoms with Gasteiger partial charge in [0.25, 0.3) is 5.56 Å². The zero-order valence-corrected chi connectivity index (χ0v) is 17.6. The molecule has 0 radical (unpaired) electrons. The molecule has 3 aromatic rings. The summed E-state index contributed by atoms with van der Waals surface area (Å²) in [7, 11) is 1.45. The number of rotatable bonds is 5. The molecule has 1 N–H and O–H groups in total. The molecule has 1 aromatic carbocycles. The highest BCUT2D eigenvalue weighted by Gasteiger charge is 2.28. The summed E-state index contributed by atoms with van der Waals surface area (Å²) in [4.78, 5) is 46.5. The molecule has 2 aromatic heterocycles. The smallest absolute Gasteiger partial charge is 0.332 e. The van der Waals surface area contributed by atoms with Crippen LogP contribution in [0.1, 0.15) is 11.1 Å². The summed E-state index contributed by atoms with van der Waals surface area (Å²) < 4.78 is 28.9. The fourth-order valence-electron chi connectivity index (χ4n) is 3.14. The topological polar surface area (TPSA) is 98.3 Å². The van der Waals surface area contributed by atoms with Gasteiger partial charge in [-0.05, 0) is 35.4 Å². The van der Waals surface area contributed by atoms with Crippen LogP contribution in [0.2, 0.25) is 0 Å². The Labute approximate surface area is 184 Å². The predicted octanol–water partition coefficient (Wildman–Crippen LogP) is 1.76. The molecular weight excluding hydrogens is 440 g/mol. The summed E-state index contributed by atoms with van der Waals surface area (Å²) in [6.07, 6.45) is 4.61. The van der Waals surface area contributed by atoms with Gasteiger partial charge in [0, 0.05) is 32.2 Å². The molecule has 1 unspecified atom stereocenters. The van der Waals surface area contributed by atoms with E-state index in [2.05, 4.69) is 15.3 Å². The minimum Gasteiger partial charge on any atom is -0.351 e. The molecular formula is C21H17F2N5O3S. The molecule has 1 amide bonds. The van der Waals surface area contributed by atoms with Crippen molar-refractivity contribution < 1.29 is 13.6 Å². The van der Waals surface area contributed by atoms with Crippen molar-refractivity contribution in [3.05, 3.63) is 86.3 Å². The second kappa shape index (κ2) is 8.87. The Kier molecular flexibility index (Phi) is 5.99. The summed E-state index contributed by atoms with van der Waals surface area (Å²) in [5.41, 5.74) is -0.194. The quantitative estimate of drug-likeness (QED) is 0.630. The summed E-state index contributed by atoms with van der Waals surface area (Å²) in [5.74, 6) is -2.30. The number of nitrogens with one attached hydrogen (secondary N) is 1. The highest BCUT2D eigenvalue weighted by Crippen LogP contribution is 2.32. The van der Waals surface area contributed by atoms with E-state index in [4.69, 9.17) is 0 Å². The minimum atomic E-state index is -1.07. The summed E-state index contributed by atoms with van der Waals surface area (Å²) >= 11 is 0.979. The van der Waals surface area contributed by atoms with Gasteiger partial charge in [0.1, 0.15) is 10.1 Å². The maximum Gasteiger partial charge on any atom is 0.332 e. The van der Waals surface area contributed by atoms with Gasteiger partial charge in [-0.2, -0.15) is 0 Å². The van der Waals surface area contributed by atoms with Gasteiger partial charge in [0.15, 0.2) is 17.5 Å². The summed E-state index contributed by atoms with van der Waals surface area (Å²) in [6, 6.07) is 6.70. The zero-order valence-electron chi connectivity index (χ0n) is 16.8. The van der Waals surface area contributed by atoms with Gasteiger partial charge in [-0.15, -0.1) is 0 Å². The summed E-state index contributed by atoms with van der Waals surface area (Å²) in [6.45, 7) is 0.0336. The molecule has 1 atom stereocenters. The van der Waals surface area contributed by atoms with Gasteiger partial charge in [0.2, 0.25) is 5.91 Å². The van der Waals surface area contributed by atoms with E-state index in [9.17, 15) is 23.2 Å². The average molecular weight is 457 g/mol. The first-order valence-electron chi connectivity index (χ1n) is 9.50. The molecule has 1 aliphatic rings. The number of carbonyl (C=O) groups is 1. The maximum atomic E-state index is 13.6. The lowest BCUT2D eigenvalue weighted by Gasteiger charge is -2.20. The van der Waals surface area contributed by atoms with E-state index in [1.807, 2.05) is 0 Å². The molecule has 3 heterocycles. The van der Waals surface area contributed by atoms with Crippen LogP contribution in [-0.4, -0.2) is 31.5 Å². The number of nitrogens with zero attached hydrogens (tertiary/aromatic N) is 4. The number of fused-ring (bicyclic) bond motifs is 1. The van der Waals surface area contributed by atoms with Crippen molar-refractivity contribution in [3.8, 4) is 0 Å². The zero-order chi connectivity index (χ0) is 22.8. The van der Waals surface area contributed by atoms with Crippen LogP contribution in [0.5, 0.6) is 0 Å². The molecule has 0 saturated carbocycles. The maximum absolute atomic E-state index is 13.6. The van der Waals surface area contributed by atoms with E-state index in [1.165, 1.54) is 23.9 Å². The first-order valence-corrected chi connectivity index (χ1v) is 10.4. The van der Waals surface area contributed by atoms with Crippen molar-refractivity contribution in [1.82, 2.24) is 19.4 Å². The van der Waals surface area contributed by atoms with Crippen LogP contribution in [0.4, 0.5) is 14.6 Å². The molecule has 0 spiro atoms. The standard InChI is InChI=1S/C21H17F2N5O3S/c1-27-18-17(20(30)28(21(27)31)11-13-2-3-14(22)15(23)8-13)32-16(10-25-18)19(29)26-9-12-4-6-24-7-5-12/h2-8,10,16H,9,11H2,1H3,(H,26,29). The lowest BCUT2D eigenvalue weighted by molar-refractivity contribution is -0.119. The highest BCUT2D eigenvalue weighted by atomic mass is 32.2. The van der Waals surface area contributed by atoms with Crippen LogP contribution in [0.15, 0.2) is 62.2 Å². The Bertz CT molecular complexity index is 1340. The molecule has 0 bridgehead atoms. The lowest BCUT2D eigenvalue weighted by Crippen LogP contribution is -2.42. The normalized spacial score (nSPS) is 14.8. The number of benzene rings is 1. The minimum absolute atomic E-state index is 0.126. The van der Waals surface area contributed by atoms with E-state index in [0.29, 0.717) is 0 Å². The second-order valence-corrected chi connectivity index (χ2v) is 8.18. The molecule has 11 heteroatoms. The van der Waals surface area contributed by atoms with Gasteiger partial charge < -0.3 is 5.32 Å². The summed E-state index contributed by atoms with van der Waals surface area (Å²) in [5, 5.41) is 2.01. The molecule has 1 aliphatic heterocycles. The van der Waals surface area contributed by atoms with Crippen molar-refractivity contribution in [2.75, 3.05) is 0 Å². The average Bonchev–Trinajstić information content (AvgIpc) is 2.81. The van der Waals surface area contributed by atoms with Gasteiger partial charge in [-0.3, -0.25) is 23.7 Å². The van der Waals surface area contributed by atoms with Crippen molar-refractivity contribution in [2.24, 2.45) is 12.0 Å². The number of carbonyl (C=O) groups excluding carboxylic acids is 1. The number of aliphatic imine (C=N–C) groups is 1. The number of pyridine rings is 1. The highest BCUT2D eigenvalue weighted by molar-refractivity contribution is 8.01. The first-order chi connectivity index (χ1) is 15.3. The van der Waals surface area contributed by atoms with Crippen molar-refractivity contribution >= 4 is 29.7 Å². The Morgan fingerprint density at radius 3 is 2.59 bits per heavy atom. The Hall–Kier alpha value is -3.60. The molecule has 164 valence electrons. The van der Waals surface area contributed by atoms with E-state index < -0.39 is 28.1 Å². The fraction of sp³-hybridized carbons (Fsp3) is 0.190. The van der Waals surface area contributed by atoms with Crippen molar-refractivity contribution in [2.45, 2.75) is 23.2 Å². The van der Waals surface area contributed by atoms with Crippen LogP contribution < -0.4 is 16.6 Å². The fourth-order valence-corrected chi connectivity index (χ4v) is 4.22. The van der Waals surface area contributed by atoms with Crippen molar-refractivity contribution in [3.63, 3.8) is 0 Å². The largest absolute Gasteiger partial charge is 0.351 e. The van der Waals surface area contributed by atoms with Crippen LogP contribution >= 0.6 is 11.8 Å². The number of hydrogen-bond acceptors (Lipinski definition) is 6. The van der Waals surface area contributed by atoms with E-state index >= 15 is 0 Å². The molecule has 4 rings (SSSR count). The second-order valence-electron chi connectivity index (χ2n) is 7.02. The molecule has 0 aliphatic carbocycles. The van der Waals surface area contributed by atoms with Gasteiger partial charge in [0.05, 0.1) is 6.54 Å². The third-order valence-corrected chi connectivity index (χ3v) is 6.04. The Morgan fingerprint density at radius 2 is 1.88 bits per heavy atom. The predicted molar refractivity (Wildman–Crippen MR) is 115 cm³/mol. The van der Waals surface area contributed by atoms with Gasteiger partial charge in [-0.25, -0.2) is 18.6 Å². The first kappa shape index (κ1) is 21.6. The number of halogens is 2. The van der Waals surface area contributed by atoms with Crippen molar-refractivity contribution in [1.29, 1.82) is 0 Å². The Balaban J connectivity index is 1.60. The van der Waals surface area contributed by atoms with Gasteiger partial charge >= 0.3 is 5.69 Å². The van der Waals surface area contributed by atoms with Gasteiger partial charge in [-0.1, -0.05) is 17.8 Å². The van der Waals surface area contributed by atoms with Crippen LogP contribution in [0, 0.1) is 11.6 Å². The molecule has 32 heavy (non-hydrogen) atoms. The number of amides is 1. The van der Waals surface area contributed by atoms with Crippen LogP contribution in [-0.2, 0) is 24.9 Å². The van der Waals surface area contributed by atoms with Crippen LogP contribution in [0.3, 0.4) is 0 Å². The lowest BCUT2D eigenvalue weighted by atomic mass is 10.2. The SMILES string of the molecule is Cn1c2c(c(=O)n(Cc3ccc(F)c(F)c3)c1=O)SC(C(=O)NCc1ccncc1)C=N2. The molecule has 8 nitrogen and oxygen atoms in total. The van der Waals surface area contributed by atoms with E-state index in [1.54, 1.807) is 24.5 Å². The third-order valence-electron chi connectivity index (χ3n) is 4.85. The van der Waals surface area contributed by atoms with Crippen LogP contribution in [0.25, 0.3) is 0 Å². The number of hydrogen-bond donors (Lipinski definition) is 1. The molecule has 0 saturated heterocycles. The number of thioether (sulfide) groups is 1.